The number of rotatable bonds is 6. The maximum Gasteiger partial charge on any atom is 0.322 e. The highest BCUT2D eigenvalue weighted by Crippen LogP contribution is 2.18. The lowest BCUT2D eigenvalue weighted by atomic mass is 10.0. The molecule has 2 atom stereocenters. The molecule has 0 saturated heterocycles. The fourth-order valence-electron chi connectivity index (χ4n) is 1.74. The van der Waals surface area contributed by atoms with E-state index in [2.05, 4.69) is 4.72 Å². The zero-order chi connectivity index (χ0) is 15.5. The third-order valence-electron chi connectivity index (χ3n) is 3.20. The Balaban J connectivity index is 3.16. The van der Waals surface area contributed by atoms with Crippen LogP contribution in [0.1, 0.15) is 25.8 Å². The van der Waals surface area contributed by atoms with Gasteiger partial charge in [-0.1, -0.05) is 26.3 Å². The molecule has 0 fully saturated rings. The molecule has 0 saturated carbocycles. The van der Waals surface area contributed by atoms with Crippen molar-refractivity contribution in [3.63, 3.8) is 0 Å². The van der Waals surface area contributed by atoms with Crippen LogP contribution in [0.2, 0.25) is 0 Å². The number of carboxylic acid groups (broad SMARTS) is 1. The van der Waals surface area contributed by atoms with Gasteiger partial charge in [-0.05, 0) is 30.5 Å². The van der Waals surface area contributed by atoms with Gasteiger partial charge in [0.15, 0.2) is 0 Å². The second-order valence-corrected chi connectivity index (χ2v) is 6.41. The molecule has 112 valence electrons. The number of benzene rings is 1. The van der Waals surface area contributed by atoms with Crippen molar-refractivity contribution in [3.05, 3.63) is 29.6 Å². The number of hydrogen-bond donors (Lipinski definition) is 2. The normalized spacial score (nSPS) is 14.8. The average Bonchev–Trinajstić information content (AvgIpc) is 2.37. The Hall–Kier alpha value is -1.47. The van der Waals surface area contributed by atoms with E-state index in [1.807, 2.05) is 0 Å². The maximum absolute atomic E-state index is 13.2. The maximum atomic E-state index is 13.2. The Kier molecular flexibility index (Phi) is 5.24. The SMILES string of the molecule is CCC(C)[C@H](NS(=O)(=O)c1cc(F)ccc1C)C(=O)O. The van der Waals surface area contributed by atoms with Crippen LogP contribution in [0.4, 0.5) is 4.39 Å². The highest BCUT2D eigenvalue weighted by molar-refractivity contribution is 7.89. The predicted molar refractivity (Wildman–Crippen MR) is 72.3 cm³/mol. The van der Waals surface area contributed by atoms with E-state index >= 15 is 0 Å². The average molecular weight is 303 g/mol. The summed E-state index contributed by atoms with van der Waals surface area (Å²) in [5, 5.41) is 9.11. The molecule has 0 radical (unpaired) electrons. The fraction of sp³-hybridized carbons (Fsp3) is 0.462. The number of nitrogens with one attached hydrogen (secondary N) is 1. The monoisotopic (exact) mass is 303 g/mol. The highest BCUT2D eigenvalue weighted by Gasteiger charge is 2.30. The van der Waals surface area contributed by atoms with Crippen molar-refractivity contribution in [1.29, 1.82) is 0 Å². The van der Waals surface area contributed by atoms with Crippen molar-refractivity contribution < 1.29 is 22.7 Å². The van der Waals surface area contributed by atoms with E-state index in [9.17, 15) is 17.6 Å². The molecule has 1 unspecified atom stereocenters. The van der Waals surface area contributed by atoms with Gasteiger partial charge in [0.2, 0.25) is 10.0 Å². The Morgan fingerprint density at radius 1 is 1.45 bits per heavy atom. The van der Waals surface area contributed by atoms with Gasteiger partial charge in [-0.3, -0.25) is 4.79 Å². The zero-order valence-electron chi connectivity index (χ0n) is 11.6. The summed E-state index contributed by atoms with van der Waals surface area (Å²) in [5.41, 5.74) is 0.354. The van der Waals surface area contributed by atoms with Crippen molar-refractivity contribution in [3.8, 4) is 0 Å². The first kappa shape index (κ1) is 16.6. The lowest BCUT2D eigenvalue weighted by molar-refractivity contribution is -0.140. The zero-order valence-corrected chi connectivity index (χ0v) is 12.4. The van der Waals surface area contributed by atoms with E-state index in [1.54, 1.807) is 13.8 Å². The Morgan fingerprint density at radius 2 is 2.05 bits per heavy atom. The second-order valence-electron chi connectivity index (χ2n) is 4.73. The summed E-state index contributed by atoms with van der Waals surface area (Å²) in [7, 11) is -4.08. The van der Waals surface area contributed by atoms with E-state index in [0.717, 1.165) is 12.1 Å². The van der Waals surface area contributed by atoms with Crippen LogP contribution in [0, 0.1) is 18.7 Å². The minimum Gasteiger partial charge on any atom is -0.480 e. The number of aryl methyl sites for hydroxylation is 1. The molecule has 1 rings (SSSR count). The van der Waals surface area contributed by atoms with E-state index in [1.165, 1.54) is 13.0 Å². The Bertz CT molecular complexity index is 600. The van der Waals surface area contributed by atoms with Crippen LogP contribution in [0.5, 0.6) is 0 Å². The van der Waals surface area contributed by atoms with Crippen LogP contribution < -0.4 is 4.72 Å². The highest BCUT2D eigenvalue weighted by atomic mass is 32.2. The molecular formula is C13H18FNO4S. The Morgan fingerprint density at radius 3 is 2.55 bits per heavy atom. The van der Waals surface area contributed by atoms with Gasteiger partial charge in [0.05, 0.1) is 4.90 Å². The summed E-state index contributed by atoms with van der Waals surface area (Å²) in [5.74, 6) is -2.32. The molecule has 20 heavy (non-hydrogen) atoms. The van der Waals surface area contributed by atoms with Crippen LogP contribution in [-0.2, 0) is 14.8 Å². The fourth-order valence-corrected chi connectivity index (χ4v) is 3.29. The third kappa shape index (κ3) is 3.77. The second kappa shape index (κ2) is 6.32. The quantitative estimate of drug-likeness (QED) is 0.841. The largest absolute Gasteiger partial charge is 0.480 e. The summed E-state index contributed by atoms with van der Waals surface area (Å²) in [4.78, 5) is 10.9. The first-order valence-corrected chi connectivity index (χ1v) is 7.68. The van der Waals surface area contributed by atoms with Gasteiger partial charge in [0, 0.05) is 0 Å². The number of carbonyl (C=O) groups is 1. The Labute approximate surface area is 117 Å². The summed E-state index contributed by atoms with van der Waals surface area (Å²) in [6.45, 7) is 4.93. The number of hydrogen-bond acceptors (Lipinski definition) is 3. The molecule has 0 aliphatic heterocycles. The van der Waals surface area contributed by atoms with Gasteiger partial charge in [-0.15, -0.1) is 0 Å². The molecule has 0 bridgehead atoms. The van der Waals surface area contributed by atoms with E-state index in [0.29, 0.717) is 12.0 Å². The minimum absolute atomic E-state index is 0.243. The number of aliphatic carboxylic acids is 1. The summed E-state index contributed by atoms with van der Waals surface area (Å²) < 4.78 is 39.7. The first-order chi connectivity index (χ1) is 9.19. The molecule has 0 spiro atoms. The van der Waals surface area contributed by atoms with Crippen LogP contribution in [0.15, 0.2) is 23.1 Å². The molecule has 0 amide bonds. The van der Waals surface area contributed by atoms with Crippen LogP contribution in [0.3, 0.4) is 0 Å². The van der Waals surface area contributed by atoms with Gasteiger partial charge in [0.1, 0.15) is 11.9 Å². The summed E-state index contributed by atoms with van der Waals surface area (Å²) in [6, 6.07) is 2.13. The number of sulfonamides is 1. The van der Waals surface area contributed by atoms with E-state index < -0.39 is 27.9 Å². The molecule has 0 heterocycles. The smallest absolute Gasteiger partial charge is 0.322 e. The number of carboxylic acids is 1. The van der Waals surface area contributed by atoms with Crippen LogP contribution in [-0.4, -0.2) is 25.5 Å². The molecule has 7 heteroatoms. The topological polar surface area (TPSA) is 83.5 Å². The van der Waals surface area contributed by atoms with Crippen molar-refractivity contribution in [2.75, 3.05) is 0 Å². The molecule has 1 aromatic carbocycles. The molecule has 0 aliphatic carbocycles. The third-order valence-corrected chi connectivity index (χ3v) is 4.78. The van der Waals surface area contributed by atoms with Crippen LogP contribution in [0.25, 0.3) is 0 Å². The van der Waals surface area contributed by atoms with Crippen LogP contribution >= 0.6 is 0 Å². The summed E-state index contributed by atoms with van der Waals surface area (Å²) in [6.07, 6.45) is 0.502. The minimum atomic E-state index is -4.08. The molecule has 2 N–H and O–H groups in total. The molecule has 5 nitrogen and oxygen atoms in total. The van der Waals surface area contributed by atoms with Gasteiger partial charge in [-0.25, -0.2) is 12.8 Å². The van der Waals surface area contributed by atoms with Gasteiger partial charge in [0.25, 0.3) is 0 Å². The predicted octanol–water partition coefficient (Wildman–Crippen LogP) is 1.91. The van der Waals surface area contributed by atoms with Crippen molar-refractivity contribution in [2.45, 2.75) is 38.1 Å². The molecule has 0 aliphatic rings. The number of halogens is 1. The van der Waals surface area contributed by atoms with Crippen molar-refractivity contribution in [2.24, 2.45) is 5.92 Å². The van der Waals surface area contributed by atoms with Gasteiger partial charge < -0.3 is 5.11 Å². The van der Waals surface area contributed by atoms with E-state index in [4.69, 9.17) is 5.11 Å². The van der Waals surface area contributed by atoms with Crippen molar-refractivity contribution in [1.82, 2.24) is 4.72 Å². The molecule has 0 aromatic heterocycles. The molecule has 1 aromatic rings. The van der Waals surface area contributed by atoms with Gasteiger partial charge >= 0.3 is 5.97 Å². The van der Waals surface area contributed by atoms with Gasteiger partial charge in [-0.2, -0.15) is 4.72 Å². The lowest BCUT2D eigenvalue weighted by Gasteiger charge is -2.20. The van der Waals surface area contributed by atoms with E-state index in [-0.39, 0.29) is 10.8 Å². The van der Waals surface area contributed by atoms with Crippen molar-refractivity contribution >= 4 is 16.0 Å². The summed E-state index contributed by atoms with van der Waals surface area (Å²) >= 11 is 0. The lowest BCUT2D eigenvalue weighted by Crippen LogP contribution is -2.45. The standard InChI is InChI=1S/C13H18FNO4S/c1-4-8(2)12(13(16)17)15-20(18,19)11-7-10(14)6-5-9(11)3/h5-8,12,15H,4H2,1-3H3,(H,16,17)/t8?,12-/m0/s1. The first-order valence-electron chi connectivity index (χ1n) is 6.20. The molecular weight excluding hydrogens is 285 g/mol.